The lowest BCUT2D eigenvalue weighted by molar-refractivity contribution is -0.340. The summed E-state index contributed by atoms with van der Waals surface area (Å²) in [7, 11) is 0. The number of esters is 3. The summed E-state index contributed by atoms with van der Waals surface area (Å²) in [6.45, 7) is 10.9. The third-order valence-electron chi connectivity index (χ3n) is 10.7. The first-order valence-electron chi connectivity index (χ1n) is 14.4. The Morgan fingerprint density at radius 2 is 1.67 bits per heavy atom. The maximum atomic E-state index is 15.0. The Morgan fingerprint density at radius 3 is 2.21 bits per heavy atom. The highest BCUT2D eigenvalue weighted by molar-refractivity contribution is 5.95. The molecule has 1 heterocycles. The smallest absolute Gasteiger partial charge is 0.338 e. The van der Waals surface area contributed by atoms with Crippen LogP contribution < -0.4 is 0 Å². The van der Waals surface area contributed by atoms with Gasteiger partial charge in [-0.1, -0.05) is 45.9 Å². The first-order chi connectivity index (χ1) is 19.5. The second-order valence-electron chi connectivity index (χ2n) is 13.2. The SMILES string of the molecule is CC(=O)O[C@H]1C(=O)[C@@]2(C)C(C(OC(=O)c3ccccc3)[C@]3(O)C[C@H](O)C(C)=C1C3(C)C)[C@]1(OC(C)=O)COC1C[C@@H]2C. The van der Waals surface area contributed by atoms with E-state index < -0.39 is 82.0 Å². The zero-order valence-electron chi connectivity index (χ0n) is 25.1. The van der Waals surface area contributed by atoms with E-state index in [2.05, 4.69) is 0 Å². The Hall–Kier alpha value is -3.08. The van der Waals surface area contributed by atoms with E-state index in [4.69, 9.17) is 18.9 Å². The normalized spacial score (nSPS) is 40.4. The van der Waals surface area contributed by atoms with Crippen molar-refractivity contribution in [1.29, 1.82) is 0 Å². The van der Waals surface area contributed by atoms with E-state index in [1.165, 1.54) is 13.8 Å². The largest absolute Gasteiger partial charge is 0.455 e. The molecular weight excluding hydrogens is 544 g/mol. The number of aliphatic hydroxyl groups excluding tert-OH is 1. The standard InChI is InChI=1S/C32H40O10/c1-16-13-22-31(15-39-22,42-19(4)34)25-27(41-28(37)20-11-9-8-10-12-20)32(38)14-21(35)17(2)23(29(32,5)6)24(40-18(3)33)26(36)30(16,25)7/h8-12,16,21-22,24-25,27,35,38H,13-15H2,1-7H3/t16-,21-,22?,24+,25?,27?,30+,31-,32+/m0/s1. The van der Waals surface area contributed by atoms with Gasteiger partial charge in [0.2, 0.25) is 0 Å². The van der Waals surface area contributed by atoms with Crippen LogP contribution in [0.25, 0.3) is 0 Å². The highest BCUT2D eigenvalue weighted by atomic mass is 16.6. The number of aliphatic hydroxyl groups is 2. The van der Waals surface area contributed by atoms with E-state index in [0.717, 1.165) is 0 Å². The maximum Gasteiger partial charge on any atom is 0.338 e. The van der Waals surface area contributed by atoms with E-state index in [-0.39, 0.29) is 24.2 Å². The number of hydrogen-bond acceptors (Lipinski definition) is 10. The molecule has 3 aliphatic carbocycles. The fraction of sp³-hybridized carbons (Fsp3) is 0.625. The summed E-state index contributed by atoms with van der Waals surface area (Å²) in [6, 6.07) is 8.26. The van der Waals surface area contributed by atoms with Gasteiger partial charge in [0.1, 0.15) is 17.8 Å². The molecule has 5 rings (SSSR count). The van der Waals surface area contributed by atoms with Gasteiger partial charge in [0, 0.05) is 31.1 Å². The predicted octanol–water partition coefficient (Wildman–Crippen LogP) is 2.93. The Bertz CT molecular complexity index is 1350. The summed E-state index contributed by atoms with van der Waals surface area (Å²) >= 11 is 0. The minimum atomic E-state index is -2.00. The summed E-state index contributed by atoms with van der Waals surface area (Å²) in [5, 5.41) is 24.3. The van der Waals surface area contributed by atoms with Crippen LogP contribution in [0, 0.1) is 22.7 Å². The molecule has 1 saturated heterocycles. The first-order valence-corrected chi connectivity index (χ1v) is 14.4. The number of Topliss-reactive ketones (excluding diaryl/α,β-unsaturated/α-hetero) is 1. The van der Waals surface area contributed by atoms with Crippen LogP contribution in [0.4, 0.5) is 0 Å². The zero-order chi connectivity index (χ0) is 31.0. The van der Waals surface area contributed by atoms with Gasteiger partial charge in [-0.2, -0.15) is 0 Å². The van der Waals surface area contributed by atoms with Crippen LogP contribution in [0.3, 0.4) is 0 Å². The molecule has 2 bridgehead atoms. The molecule has 3 fully saturated rings. The van der Waals surface area contributed by atoms with E-state index in [0.29, 0.717) is 12.0 Å². The second-order valence-corrected chi connectivity index (χ2v) is 13.2. The number of benzene rings is 1. The van der Waals surface area contributed by atoms with Gasteiger partial charge < -0.3 is 29.2 Å². The van der Waals surface area contributed by atoms with Crippen LogP contribution in [0.15, 0.2) is 41.5 Å². The van der Waals surface area contributed by atoms with E-state index in [9.17, 15) is 29.4 Å². The number of hydrogen-bond donors (Lipinski definition) is 2. The number of ketones is 1. The van der Waals surface area contributed by atoms with Gasteiger partial charge in [0.05, 0.1) is 24.2 Å². The molecule has 3 unspecified atom stereocenters. The highest BCUT2D eigenvalue weighted by Gasteiger charge is 2.77. The molecule has 0 amide bonds. The van der Waals surface area contributed by atoms with Crippen molar-refractivity contribution in [3.8, 4) is 0 Å². The molecule has 10 heteroatoms. The maximum absolute atomic E-state index is 15.0. The van der Waals surface area contributed by atoms with Crippen molar-refractivity contribution in [2.45, 2.75) is 96.9 Å². The third kappa shape index (κ3) is 4.09. The summed E-state index contributed by atoms with van der Waals surface area (Å²) in [5.41, 5.74) is -5.32. The van der Waals surface area contributed by atoms with Crippen molar-refractivity contribution in [3.63, 3.8) is 0 Å². The number of ether oxygens (including phenoxy) is 4. The van der Waals surface area contributed by atoms with Crippen LogP contribution in [0.2, 0.25) is 0 Å². The number of rotatable bonds is 4. The molecular formula is C32H40O10. The van der Waals surface area contributed by atoms with E-state index in [1.807, 2.05) is 6.92 Å². The van der Waals surface area contributed by atoms with Gasteiger partial charge in [-0.3, -0.25) is 14.4 Å². The van der Waals surface area contributed by atoms with Gasteiger partial charge in [-0.05, 0) is 42.5 Å². The summed E-state index contributed by atoms with van der Waals surface area (Å²) < 4.78 is 24.0. The quantitative estimate of drug-likeness (QED) is 0.308. The Kier molecular flexibility index (Phi) is 7.23. The second kappa shape index (κ2) is 9.99. The van der Waals surface area contributed by atoms with E-state index >= 15 is 0 Å². The molecule has 10 nitrogen and oxygen atoms in total. The van der Waals surface area contributed by atoms with E-state index in [1.54, 1.807) is 58.0 Å². The van der Waals surface area contributed by atoms with Gasteiger partial charge >= 0.3 is 17.9 Å². The fourth-order valence-corrected chi connectivity index (χ4v) is 8.20. The summed E-state index contributed by atoms with van der Waals surface area (Å²) in [4.78, 5) is 53.8. The Morgan fingerprint density at radius 1 is 1.02 bits per heavy atom. The zero-order valence-corrected chi connectivity index (χ0v) is 25.1. The molecule has 0 radical (unpaired) electrons. The van der Waals surface area contributed by atoms with Gasteiger partial charge in [-0.15, -0.1) is 0 Å². The lowest BCUT2D eigenvalue weighted by atomic mass is 9.43. The number of carbonyl (C=O) groups is 4. The average molecular weight is 585 g/mol. The predicted molar refractivity (Wildman–Crippen MR) is 148 cm³/mol. The van der Waals surface area contributed by atoms with Gasteiger partial charge in [-0.25, -0.2) is 4.79 Å². The van der Waals surface area contributed by atoms with Crippen molar-refractivity contribution in [2.24, 2.45) is 22.7 Å². The topological polar surface area (TPSA) is 146 Å². The molecule has 42 heavy (non-hydrogen) atoms. The monoisotopic (exact) mass is 584 g/mol. The summed E-state index contributed by atoms with van der Waals surface area (Å²) in [5.74, 6) is -4.10. The summed E-state index contributed by atoms with van der Waals surface area (Å²) in [6.07, 6.45) is -4.67. The average Bonchev–Trinajstić information content (AvgIpc) is 2.90. The van der Waals surface area contributed by atoms with Crippen molar-refractivity contribution in [2.75, 3.05) is 6.61 Å². The number of carbonyl (C=O) groups excluding carboxylic acids is 4. The van der Waals surface area contributed by atoms with Crippen molar-refractivity contribution >= 4 is 23.7 Å². The minimum Gasteiger partial charge on any atom is -0.455 e. The van der Waals surface area contributed by atoms with Gasteiger partial charge in [0.15, 0.2) is 17.5 Å². The molecule has 1 aromatic rings. The highest BCUT2D eigenvalue weighted by Crippen LogP contribution is 2.65. The molecule has 0 spiro atoms. The third-order valence-corrected chi connectivity index (χ3v) is 10.7. The molecule has 1 aromatic carbocycles. The lowest BCUT2D eigenvalue weighted by Crippen LogP contribution is -2.80. The van der Waals surface area contributed by atoms with Crippen LogP contribution in [0.1, 0.15) is 71.7 Å². The van der Waals surface area contributed by atoms with Crippen molar-refractivity contribution in [3.05, 3.63) is 47.0 Å². The van der Waals surface area contributed by atoms with Gasteiger partial charge in [0.25, 0.3) is 0 Å². The number of fused-ring (bicyclic) bond motifs is 5. The molecule has 2 N–H and O–H groups in total. The van der Waals surface area contributed by atoms with Crippen molar-refractivity contribution < 1.29 is 48.3 Å². The molecule has 228 valence electrons. The fourth-order valence-electron chi connectivity index (χ4n) is 8.20. The Balaban J connectivity index is 1.84. The molecule has 0 aromatic heterocycles. The van der Waals surface area contributed by atoms with Crippen LogP contribution in [-0.4, -0.2) is 76.1 Å². The molecule has 9 atom stereocenters. The van der Waals surface area contributed by atoms with Crippen LogP contribution in [0.5, 0.6) is 0 Å². The Labute approximate surface area is 245 Å². The van der Waals surface area contributed by atoms with Crippen molar-refractivity contribution in [1.82, 2.24) is 0 Å². The lowest BCUT2D eigenvalue weighted by Gasteiger charge is -2.68. The molecule has 1 aliphatic heterocycles. The van der Waals surface area contributed by atoms with Crippen LogP contribution >= 0.6 is 0 Å². The first kappa shape index (κ1) is 30.4. The molecule has 4 aliphatic rings. The molecule has 2 saturated carbocycles. The van der Waals surface area contributed by atoms with Crippen LogP contribution in [-0.2, 0) is 33.3 Å². The minimum absolute atomic E-state index is 0.0874.